The van der Waals surface area contributed by atoms with Crippen LogP contribution in [-0.2, 0) is 12.1 Å². The number of aryl methyl sites for hydroxylation is 1. The Balaban J connectivity index is 1.88. The van der Waals surface area contributed by atoms with Gasteiger partial charge in [0.1, 0.15) is 18.1 Å². The van der Waals surface area contributed by atoms with E-state index in [1.165, 1.54) is 5.56 Å². The van der Waals surface area contributed by atoms with E-state index in [0.717, 1.165) is 11.4 Å². The summed E-state index contributed by atoms with van der Waals surface area (Å²) in [5, 5.41) is 8.10. The average Bonchev–Trinajstić information content (AvgIpc) is 2.77. The van der Waals surface area contributed by atoms with Gasteiger partial charge in [0, 0.05) is 0 Å². The maximum Gasteiger partial charge on any atom is 0.119 e. The SMILES string of the molecule is Cc1cccc(OCCn2cc(C(C)(C)N)nn2)c1. The van der Waals surface area contributed by atoms with E-state index in [2.05, 4.69) is 10.3 Å². The molecule has 1 aromatic heterocycles. The predicted molar refractivity (Wildman–Crippen MR) is 73.9 cm³/mol. The van der Waals surface area contributed by atoms with Crippen LogP contribution in [0.3, 0.4) is 0 Å². The van der Waals surface area contributed by atoms with Gasteiger partial charge in [-0.05, 0) is 38.5 Å². The van der Waals surface area contributed by atoms with Gasteiger partial charge in [-0.1, -0.05) is 17.3 Å². The molecule has 0 spiro atoms. The maximum atomic E-state index is 5.96. The smallest absolute Gasteiger partial charge is 0.119 e. The van der Waals surface area contributed by atoms with Crippen molar-refractivity contribution in [1.29, 1.82) is 0 Å². The molecule has 0 radical (unpaired) electrons. The predicted octanol–water partition coefficient (Wildman–Crippen LogP) is 1.86. The fourth-order valence-electron chi connectivity index (χ4n) is 1.67. The maximum absolute atomic E-state index is 5.96. The summed E-state index contributed by atoms with van der Waals surface area (Å²) in [7, 11) is 0. The summed E-state index contributed by atoms with van der Waals surface area (Å²) in [5.74, 6) is 0.875. The summed E-state index contributed by atoms with van der Waals surface area (Å²) in [6, 6.07) is 7.98. The van der Waals surface area contributed by atoms with Gasteiger partial charge in [-0.15, -0.1) is 5.10 Å². The summed E-state index contributed by atoms with van der Waals surface area (Å²) >= 11 is 0. The normalized spacial score (nSPS) is 11.6. The topological polar surface area (TPSA) is 66.0 Å². The Morgan fingerprint density at radius 1 is 1.37 bits per heavy atom. The van der Waals surface area contributed by atoms with E-state index in [9.17, 15) is 0 Å². The van der Waals surface area contributed by atoms with Crippen LogP contribution in [0.1, 0.15) is 25.1 Å². The molecule has 5 nitrogen and oxygen atoms in total. The van der Waals surface area contributed by atoms with Crippen molar-refractivity contribution < 1.29 is 4.74 Å². The Morgan fingerprint density at radius 3 is 2.79 bits per heavy atom. The molecule has 102 valence electrons. The summed E-state index contributed by atoms with van der Waals surface area (Å²) in [4.78, 5) is 0. The third-order valence-electron chi connectivity index (χ3n) is 2.78. The molecule has 0 saturated carbocycles. The van der Waals surface area contributed by atoms with E-state index in [1.807, 2.05) is 51.2 Å². The first-order valence-corrected chi connectivity index (χ1v) is 6.34. The van der Waals surface area contributed by atoms with Crippen LogP contribution in [0.15, 0.2) is 30.5 Å². The molecule has 0 atom stereocenters. The van der Waals surface area contributed by atoms with Crippen molar-refractivity contribution in [3.05, 3.63) is 41.7 Å². The lowest BCUT2D eigenvalue weighted by molar-refractivity contribution is 0.289. The highest BCUT2D eigenvalue weighted by molar-refractivity contribution is 5.27. The third kappa shape index (κ3) is 3.79. The second-order valence-electron chi connectivity index (χ2n) is 5.25. The standard InChI is InChI=1S/C14H20N4O/c1-11-5-4-6-12(9-11)19-8-7-18-10-13(16-17-18)14(2,3)15/h4-6,9-10H,7-8,15H2,1-3H3. The minimum atomic E-state index is -0.463. The minimum absolute atomic E-state index is 0.463. The fourth-order valence-corrected chi connectivity index (χ4v) is 1.67. The van der Waals surface area contributed by atoms with Crippen LogP contribution in [0.5, 0.6) is 5.75 Å². The zero-order chi connectivity index (χ0) is 13.9. The van der Waals surface area contributed by atoms with Gasteiger partial charge in [0.05, 0.1) is 18.3 Å². The lowest BCUT2D eigenvalue weighted by atomic mass is 10.0. The van der Waals surface area contributed by atoms with Crippen molar-refractivity contribution in [3.8, 4) is 5.75 Å². The molecule has 1 aromatic carbocycles. The van der Waals surface area contributed by atoms with Crippen LogP contribution in [0.4, 0.5) is 0 Å². The largest absolute Gasteiger partial charge is 0.492 e. The number of benzene rings is 1. The molecular formula is C14H20N4O. The van der Waals surface area contributed by atoms with E-state index in [0.29, 0.717) is 13.2 Å². The number of hydrogen-bond donors (Lipinski definition) is 1. The van der Waals surface area contributed by atoms with Gasteiger partial charge in [0.15, 0.2) is 0 Å². The molecule has 0 amide bonds. The number of hydrogen-bond acceptors (Lipinski definition) is 4. The Labute approximate surface area is 113 Å². The van der Waals surface area contributed by atoms with Crippen LogP contribution in [-0.4, -0.2) is 21.6 Å². The van der Waals surface area contributed by atoms with Gasteiger partial charge in [-0.3, -0.25) is 0 Å². The van der Waals surface area contributed by atoms with Gasteiger partial charge in [0.2, 0.25) is 0 Å². The molecule has 0 unspecified atom stereocenters. The summed E-state index contributed by atoms with van der Waals surface area (Å²) in [6.45, 7) is 7.06. The second kappa shape index (κ2) is 5.40. The van der Waals surface area contributed by atoms with Crippen molar-refractivity contribution in [1.82, 2.24) is 15.0 Å². The Morgan fingerprint density at radius 2 is 2.16 bits per heavy atom. The van der Waals surface area contributed by atoms with Gasteiger partial charge in [-0.25, -0.2) is 4.68 Å². The lowest BCUT2D eigenvalue weighted by Crippen LogP contribution is -2.29. The van der Waals surface area contributed by atoms with Gasteiger partial charge in [0.25, 0.3) is 0 Å². The molecule has 2 N–H and O–H groups in total. The molecule has 0 fully saturated rings. The van der Waals surface area contributed by atoms with Crippen LogP contribution < -0.4 is 10.5 Å². The molecule has 5 heteroatoms. The highest BCUT2D eigenvalue weighted by Crippen LogP contribution is 2.13. The summed E-state index contributed by atoms with van der Waals surface area (Å²) in [6.07, 6.45) is 1.86. The van der Waals surface area contributed by atoms with Crippen molar-refractivity contribution >= 4 is 0 Å². The van der Waals surface area contributed by atoms with Gasteiger partial charge < -0.3 is 10.5 Å². The van der Waals surface area contributed by atoms with Crippen LogP contribution >= 0.6 is 0 Å². The van der Waals surface area contributed by atoms with Crippen LogP contribution in [0, 0.1) is 6.92 Å². The molecule has 0 saturated heterocycles. The highest BCUT2D eigenvalue weighted by atomic mass is 16.5. The Hall–Kier alpha value is -1.88. The molecular weight excluding hydrogens is 240 g/mol. The van der Waals surface area contributed by atoms with Crippen molar-refractivity contribution in [2.45, 2.75) is 32.9 Å². The van der Waals surface area contributed by atoms with Crippen LogP contribution in [0.25, 0.3) is 0 Å². The first-order valence-electron chi connectivity index (χ1n) is 6.34. The molecule has 0 aliphatic heterocycles. The zero-order valence-electron chi connectivity index (χ0n) is 11.6. The number of nitrogens with two attached hydrogens (primary N) is 1. The number of rotatable bonds is 5. The van der Waals surface area contributed by atoms with E-state index in [1.54, 1.807) is 4.68 Å². The first kappa shape index (κ1) is 13.5. The highest BCUT2D eigenvalue weighted by Gasteiger charge is 2.18. The summed E-state index contributed by atoms with van der Waals surface area (Å²) in [5.41, 5.74) is 7.46. The molecule has 0 bridgehead atoms. The van der Waals surface area contributed by atoms with E-state index >= 15 is 0 Å². The van der Waals surface area contributed by atoms with E-state index in [-0.39, 0.29) is 0 Å². The van der Waals surface area contributed by atoms with Gasteiger partial charge in [-0.2, -0.15) is 0 Å². The van der Waals surface area contributed by atoms with Crippen LogP contribution in [0.2, 0.25) is 0 Å². The van der Waals surface area contributed by atoms with E-state index in [4.69, 9.17) is 10.5 Å². The Bertz CT molecular complexity index is 542. The first-order chi connectivity index (χ1) is 8.95. The molecule has 0 aliphatic rings. The lowest BCUT2D eigenvalue weighted by Gasteiger charge is -2.13. The third-order valence-corrected chi connectivity index (χ3v) is 2.78. The fraction of sp³-hybridized carbons (Fsp3) is 0.429. The Kier molecular flexibility index (Phi) is 3.85. The zero-order valence-corrected chi connectivity index (χ0v) is 11.6. The van der Waals surface area contributed by atoms with Gasteiger partial charge >= 0.3 is 0 Å². The number of ether oxygens (including phenoxy) is 1. The number of aromatic nitrogens is 3. The molecule has 19 heavy (non-hydrogen) atoms. The molecule has 0 aliphatic carbocycles. The van der Waals surface area contributed by atoms with Crippen molar-refractivity contribution in [3.63, 3.8) is 0 Å². The minimum Gasteiger partial charge on any atom is -0.492 e. The quantitative estimate of drug-likeness (QED) is 0.891. The monoisotopic (exact) mass is 260 g/mol. The van der Waals surface area contributed by atoms with Crippen molar-refractivity contribution in [2.24, 2.45) is 5.73 Å². The van der Waals surface area contributed by atoms with Crippen molar-refractivity contribution in [2.75, 3.05) is 6.61 Å². The second-order valence-corrected chi connectivity index (χ2v) is 5.25. The molecule has 1 heterocycles. The molecule has 2 rings (SSSR count). The molecule has 2 aromatic rings. The number of nitrogens with zero attached hydrogens (tertiary/aromatic N) is 3. The summed E-state index contributed by atoms with van der Waals surface area (Å²) < 4.78 is 7.42. The van der Waals surface area contributed by atoms with E-state index < -0.39 is 5.54 Å². The average molecular weight is 260 g/mol.